The maximum absolute atomic E-state index is 5.74. The molecular formula is C16H28N2O. The predicted octanol–water partition coefficient (Wildman–Crippen LogP) is 2.59. The van der Waals surface area contributed by atoms with Crippen molar-refractivity contribution in [2.24, 2.45) is 11.7 Å². The van der Waals surface area contributed by atoms with E-state index in [0.717, 1.165) is 18.7 Å². The van der Waals surface area contributed by atoms with Crippen LogP contribution in [0.25, 0.3) is 0 Å². The van der Waals surface area contributed by atoms with Gasteiger partial charge in [0.2, 0.25) is 0 Å². The number of benzene rings is 1. The van der Waals surface area contributed by atoms with E-state index in [2.05, 4.69) is 31.3 Å². The topological polar surface area (TPSA) is 47.3 Å². The van der Waals surface area contributed by atoms with Crippen LogP contribution in [0.2, 0.25) is 0 Å². The summed E-state index contributed by atoms with van der Waals surface area (Å²) < 4.78 is 5.63. The molecule has 108 valence electrons. The maximum Gasteiger partial charge on any atom is 0.119 e. The molecule has 1 rings (SSSR count). The van der Waals surface area contributed by atoms with Gasteiger partial charge in [0.15, 0.2) is 0 Å². The van der Waals surface area contributed by atoms with E-state index in [0.29, 0.717) is 18.5 Å². The monoisotopic (exact) mass is 264 g/mol. The summed E-state index contributed by atoms with van der Waals surface area (Å²) in [5.74, 6) is 1.51. The number of hydrogen-bond acceptors (Lipinski definition) is 3. The van der Waals surface area contributed by atoms with Gasteiger partial charge in [-0.15, -0.1) is 0 Å². The molecule has 0 aliphatic heterocycles. The second kappa shape index (κ2) is 8.18. The Labute approximate surface area is 117 Å². The molecule has 0 bridgehead atoms. The molecule has 3 nitrogen and oxygen atoms in total. The molecule has 0 radical (unpaired) electrons. The molecule has 1 atom stereocenters. The van der Waals surface area contributed by atoms with E-state index in [-0.39, 0.29) is 6.10 Å². The highest BCUT2D eigenvalue weighted by Crippen LogP contribution is 2.14. The van der Waals surface area contributed by atoms with Gasteiger partial charge in [0.05, 0.1) is 6.10 Å². The fourth-order valence-corrected chi connectivity index (χ4v) is 2.00. The van der Waals surface area contributed by atoms with Crippen molar-refractivity contribution in [1.82, 2.24) is 5.32 Å². The van der Waals surface area contributed by atoms with Gasteiger partial charge in [0, 0.05) is 12.6 Å². The summed E-state index contributed by atoms with van der Waals surface area (Å²) in [6, 6.07) is 8.75. The first-order valence-electron chi connectivity index (χ1n) is 7.22. The van der Waals surface area contributed by atoms with Crippen molar-refractivity contribution in [1.29, 1.82) is 0 Å². The highest BCUT2D eigenvalue weighted by molar-refractivity contribution is 5.27. The Hall–Kier alpha value is -1.06. The zero-order valence-corrected chi connectivity index (χ0v) is 12.6. The van der Waals surface area contributed by atoms with Gasteiger partial charge in [-0.1, -0.05) is 26.0 Å². The lowest BCUT2D eigenvalue weighted by atomic mass is 10.0. The van der Waals surface area contributed by atoms with Crippen molar-refractivity contribution >= 4 is 0 Å². The van der Waals surface area contributed by atoms with Crippen molar-refractivity contribution in [2.75, 3.05) is 13.1 Å². The third-order valence-electron chi connectivity index (χ3n) is 3.17. The summed E-state index contributed by atoms with van der Waals surface area (Å²) in [5, 5.41) is 3.51. The number of nitrogens with one attached hydrogen (secondary N) is 1. The molecule has 3 N–H and O–H groups in total. The maximum atomic E-state index is 5.74. The van der Waals surface area contributed by atoms with Crippen LogP contribution >= 0.6 is 0 Å². The van der Waals surface area contributed by atoms with Crippen LogP contribution in [0.5, 0.6) is 5.75 Å². The van der Waals surface area contributed by atoms with E-state index in [9.17, 15) is 0 Å². The second-order valence-corrected chi connectivity index (χ2v) is 5.60. The number of rotatable bonds is 8. The molecule has 0 aliphatic carbocycles. The fraction of sp³-hybridized carbons (Fsp3) is 0.625. The third-order valence-corrected chi connectivity index (χ3v) is 3.17. The first-order valence-corrected chi connectivity index (χ1v) is 7.22. The quantitative estimate of drug-likeness (QED) is 0.758. The molecule has 19 heavy (non-hydrogen) atoms. The van der Waals surface area contributed by atoms with E-state index >= 15 is 0 Å². The Balaban J connectivity index is 2.37. The molecule has 1 aromatic rings. The summed E-state index contributed by atoms with van der Waals surface area (Å²) in [6.07, 6.45) is 1.24. The highest BCUT2D eigenvalue weighted by atomic mass is 16.5. The van der Waals surface area contributed by atoms with E-state index in [1.54, 1.807) is 0 Å². The van der Waals surface area contributed by atoms with Crippen LogP contribution in [0.15, 0.2) is 24.3 Å². The van der Waals surface area contributed by atoms with Crippen LogP contribution in [0.4, 0.5) is 0 Å². The van der Waals surface area contributed by atoms with Crippen molar-refractivity contribution < 1.29 is 4.74 Å². The molecule has 0 amide bonds. The molecule has 0 heterocycles. The third kappa shape index (κ3) is 6.08. The van der Waals surface area contributed by atoms with Gasteiger partial charge < -0.3 is 15.8 Å². The van der Waals surface area contributed by atoms with Crippen LogP contribution in [-0.2, 0) is 6.42 Å². The van der Waals surface area contributed by atoms with E-state index in [4.69, 9.17) is 10.5 Å². The van der Waals surface area contributed by atoms with Crippen LogP contribution in [0, 0.1) is 5.92 Å². The molecule has 1 aromatic carbocycles. The zero-order chi connectivity index (χ0) is 14.3. The van der Waals surface area contributed by atoms with Crippen molar-refractivity contribution in [2.45, 2.75) is 46.3 Å². The lowest BCUT2D eigenvalue weighted by Gasteiger charge is -2.20. The summed E-state index contributed by atoms with van der Waals surface area (Å²) in [7, 11) is 0. The first-order chi connectivity index (χ1) is 9.02. The van der Waals surface area contributed by atoms with Gasteiger partial charge in [-0.3, -0.25) is 0 Å². The van der Waals surface area contributed by atoms with E-state index < -0.39 is 0 Å². The zero-order valence-electron chi connectivity index (χ0n) is 12.6. The van der Waals surface area contributed by atoms with Crippen LogP contribution in [-0.4, -0.2) is 25.2 Å². The molecular weight excluding hydrogens is 236 g/mol. The van der Waals surface area contributed by atoms with Crippen LogP contribution in [0.3, 0.4) is 0 Å². The minimum Gasteiger partial charge on any atom is -0.491 e. The first kappa shape index (κ1) is 16.0. The van der Waals surface area contributed by atoms with Crippen molar-refractivity contribution in [3.8, 4) is 5.75 Å². The van der Waals surface area contributed by atoms with Gasteiger partial charge in [0.1, 0.15) is 5.75 Å². The smallest absolute Gasteiger partial charge is 0.119 e. The Bertz CT molecular complexity index is 346. The summed E-state index contributed by atoms with van der Waals surface area (Å²) in [4.78, 5) is 0. The predicted molar refractivity (Wildman–Crippen MR) is 81.6 cm³/mol. The molecule has 0 aromatic heterocycles. The van der Waals surface area contributed by atoms with E-state index in [1.807, 2.05) is 26.0 Å². The Morgan fingerprint density at radius 2 is 1.74 bits per heavy atom. The van der Waals surface area contributed by atoms with Crippen LogP contribution in [0.1, 0.15) is 33.3 Å². The van der Waals surface area contributed by atoms with Gasteiger partial charge in [-0.05, 0) is 50.4 Å². The number of nitrogens with two attached hydrogens (primary N) is 1. The second-order valence-electron chi connectivity index (χ2n) is 5.60. The van der Waals surface area contributed by atoms with Gasteiger partial charge >= 0.3 is 0 Å². The molecule has 1 unspecified atom stereocenters. The minimum atomic E-state index is 0.226. The minimum absolute atomic E-state index is 0.226. The normalized spacial score (nSPS) is 13.0. The fourth-order valence-electron chi connectivity index (χ4n) is 2.00. The average Bonchev–Trinajstić information content (AvgIpc) is 2.35. The molecule has 3 heteroatoms. The molecule has 0 saturated carbocycles. The summed E-state index contributed by atoms with van der Waals surface area (Å²) in [6.45, 7) is 10.1. The lowest BCUT2D eigenvalue weighted by Crippen LogP contribution is -2.41. The van der Waals surface area contributed by atoms with E-state index in [1.165, 1.54) is 5.56 Å². The van der Waals surface area contributed by atoms with Gasteiger partial charge in [-0.25, -0.2) is 0 Å². The van der Waals surface area contributed by atoms with Crippen molar-refractivity contribution in [3.05, 3.63) is 29.8 Å². The molecule has 0 spiro atoms. The van der Waals surface area contributed by atoms with Crippen LogP contribution < -0.4 is 15.8 Å². The lowest BCUT2D eigenvalue weighted by molar-refractivity contribution is 0.242. The number of ether oxygens (including phenoxy) is 1. The number of hydrogen-bond donors (Lipinski definition) is 2. The SMILES string of the molecule is CC(C)Oc1ccc(CCNC(CN)C(C)C)cc1. The average molecular weight is 264 g/mol. The Morgan fingerprint density at radius 3 is 2.21 bits per heavy atom. The Morgan fingerprint density at radius 1 is 1.11 bits per heavy atom. The Kier molecular flexibility index (Phi) is 6.89. The standard InChI is InChI=1S/C16H28N2O/c1-12(2)16(11-17)18-10-9-14-5-7-15(8-6-14)19-13(3)4/h5-8,12-13,16,18H,9-11,17H2,1-4H3. The summed E-state index contributed by atoms with van der Waals surface area (Å²) in [5.41, 5.74) is 7.06. The molecule has 0 aliphatic rings. The molecule has 0 fully saturated rings. The van der Waals surface area contributed by atoms with Gasteiger partial charge in [0.25, 0.3) is 0 Å². The van der Waals surface area contributed by atoms with Gasteiger partial charge in [-0.2, -0.15) is 0 Å². The summed E-state index contributed by atoms with van der Waals surface area (Å²) >= 11 is 0. The van der Waals surface area contributed by atoms with Crippen molar-refractivity contribution in [3.63, 3.8) is 0 Å². The largest absolute Gasteiger partial charge is 0.491 e. The molecule has 0 saturated heterocycles. The highest BCUT2D eigenvalue weighted by Gasteiger charge is 2.09.